The fourth-order valence-electron chi connectivity index (χ4n) is 4.13. The number of nitrogens with two attached hydrogens (primary N) is 1. The van der Waals surface area contributed by atoms with Crippen LogP contribution in [0.25, 0.3) is 0 Å². The van der Waals surface area contributed by atoms with Crippen LogP contribution in [-0.2, 0) is 23.8 Å². The second kappa shape index (κ2) is 13.3. The van der Waals surface area contributed by atoms with Gasteiger partial charge < -0.3 is 25.1 Å². The Morgan fingerprint density at radius 1 is 1.07 bits per heavy atom. The van der Waals surface area contributed by atoms with E-state index in [2.05, 4.69) is 0 Å². The number of hydrogen-bond donors (Lipinski definition) is 2. The van der Waals surface area contributed by atoms with Crippen LogP contribution in [0.3, 0.4) is 0 Å². The maximum absolute atomic E-state index is 12.4. The van der Waals surface area contributed by atoms with Gasteiger partial charge in [-0.25, -0.2) is 0 Å². The number of carboxylic acid groups (broad SMARTS) is 1. The molecule has 3 N–H and O–H groups in total. The number of esters is 1. The van der Waals surface area contributed by atoms with Gasteiger partial charge in [0, 0.05) is 13.2 Å². The Hall–Kier alpha value is -1.18. The van der Waals surface area contributed by atoms with E-state index in [0.717, 1.165) is 12.8 Å². The smallest absolute Gasteiger partial charge is 0.311 e. The fourth-order valence-corrected chi connectivity index (χ4v) is 4.13. The Balaban J connectivity index is 0.000000539. The number of ether oxygens (including phenoxy) is 3. The highest BCUT2D eigenvalue weighted by molar-refractivity contribution is 5.78. The first kappa shape index (κ1) is 26.9. The van der Waals surface area contributed by atoms with Gasteiger partial charge in [0.15, 0.2) is 0 Å². The van der Waals surface area contributed by atoms with Gasteiger partial charge in [-0.1, -0.05) is 32.1 Å². The monoisotopic (exact) mass is 429 g/mol. The molecule has 0 aromatic carbocycles. The van der Waals surface area contributed by atoms with E-state index in [1.807, 2.05) is 0 Å². The SMILES string of the molecule is COCCOC[C@H](CC1(C(=O)O)CCCC1)C(=O)OC(C)(C)C.NC1CCCCC1. The van der Waals surface area contributed by atoms with Crippen molar-refractivity contribution in [2.24, 2.45) is 17.1 Å². The van der Waals surface area contributed by atoms with Crippen LogP contribution in [0, 0.1) is 11.3 Å². The van der Waals surface area contributed by atoms with Gasteiger partial charge in [-0.2, -0.15) is 0 Å². The molecule has 0 aliphatic heterocycles. The summed E-state index contributed by atoms with van der Waals surface area (Å²) in [5.74, 6) is -1.77. The lowest BCUT2D eigenvalue weighted by Gasteiger charge is -2.30. The van der Waals surface area contributed by atoms with Crippen LogP contribution < -0.4 is 5.73 Å². The van der Waals surface area contributed by atoms with E-state index in [1.54, 1.807) is 27.9 Å². The van der Waals surface area contributed by atoms with Crippen molar-refractivity contribution in [3.8, 4) is 0 Å². The third-order valence-corrected chi connectivity index (χ3v) is 5.79. The molecule has 0 bridgehead atoms. The normalized spacial score (nSPS) is 20.2. The minimum Gasteiger partial charge on any atom is -0.481 e. The number of carbonyl (C=O) groups is 2. The van der Waals surface area contributed by atoms with Crippen molar-refractivity contribution < 1.29 is 28.9 Å². The highest BCUT2D eigenvalue weighted by atomic mass is 16.6. The zero-order valence-corrected chi connectivity index (χ0v) is 19.4. The topological polar surface area (TPSA) is 108 Å². The molecule has 0 radical (unpaired) electrons. The Kier molecular flexibility index (Phi) is 11.9. The number of carbonyl (C=O) groups excluding carboxylic acids is 1. The predicted molar refractivity (Wildman–Crippen MR) is 116 cm³/mol. The Morgan fingerprint density at radius 2 is 1.67 bits per heavy atom. The number of hydrogen-bond acceptors (Lipinski definition) is 6. The van der Waals surface area contributed by atoms with Gasteiger partial charge in [-0.3, -0.25) is 9.59 Å². The summed E-state index contributed by atoms with van der Waals surface area (Å²) in [6.45, 7) is 6.37. The molecule has 0 heterocycles. The summed E-state index contributed by atoms with van der Waals surface area (Å²) in [5.41, 5.74) is 4.20. The maximum atomic E-state index is 12.4. The molecule has 2 saturated carbocycles. The zero-order valence-electron chi connectivity index (χ0n) is 19.4. The highest BCUT2D eigenvalue weighted by Crippen LogP contribution is 2.44. The van der Waals surface area contributed by atoms with Gasteiger partial charge in [0.1, 0.15) is 5.60 Å². The lowest BCUT2D eigenvalue weighted by Crippen LogP contribution is -2.37. The first-order valence-electron chi connectivity index (χ1n) is 11.4. The summed E-state index contributed by atoms with van der Waals surface area (Å²) >= 11 is 0. The molecule has 0 aromatic rings. The fraction of sp³-hybridized carbons (Fsp3) is 0.913. The zero-order chi connectivity index (χ0) is 22.6. The van der Waals surface area contributed by atoms with Crippen molar-refractivity contribution in [2.75, 3.05) is 26.9 Å². The second-order valence-corrected chi connectivity index (χ2v) is 9.69. The first-order valence-corrected chi connectivity index (χ1v) is 11.4. The molecule has 2 fully saturated rings. The third kappa shape index (κ3) is 10.2. The van der Waals surface area contributed by atoms with E-state index < -0.39 is 22.9 Å². The van der Waals surface area contributed by atoms with Crippen LogP contribution in [-0.4, -0.2) is 55.6 Å². The summed E-state index contributed by atoms with van der Waals surface area (Å²) in [5, 5.41) is 9.62. The summed E-state index contributed by atoms with van der Waals surface area (Å²) in [4.78, 5) is 24.2. The molecule has 0 spiro atoms. The molecule has 2 aliphatic carbocycles. The lowest BCUT2D eigenvalue weighted by atomic mass is 9.78. The molecule has 1 atom stereocenters. The van der Waals surface area contributed by atoms with Crippen molar-refractivity contribution in [3.05, 3.63) is 0 Å². The lowest BCUT2D eigenvalue weighted by molar-refractivity contribution is -0.165. The number of carboxylic acids is 1. The molecule has 0 amide bonds. The van der Waals surface area contributed by atoms with Crippen LogP contribution in [0.1, 0.15) is 85.0 Å². The molecule has 2 rings (SSSR count). The Bertz CT molecular complexity index is 504. The largest absolute Gasteiger partial charge is 0.481 e. The van der Waals surface area contributed by atoms with Crippen LogP contribution in [0.15, 0.2) is 0 Å². The molecule has 2 aliphatic rings. The Labute approximate surface area is 182 Å². The minimum absolute atomic E-state index is 0.160. The summed E-state index contributed by atoms with van der Waals surface area (Å²) in [6.07, 6.45) is 9.93. The summed E-state index contributed by atoms with van der Waals surface area (Å²) in [6, 6.07) is 0.536. The highest BCUT2D eigenvalue weighted by Gasteiger charge is 2.45. The van der Waals surface area contributed by atoms with Gasteiger partial charge in [0.2, 0.25) is 0 Å². The van der Waals surface area contributed by atoms with Gasteiger partial charge in [-0.15, -0.1) is 0 Å². The number of rotatable bonds is 9. The minimum atomic E-state index is -0.827. The van der Waals surface area contributed by atoms with Crippen molar-refractivity contribution in [1.29, 1.82) is 0 Å². The van der Waals surface area contributed by atoms with E-state index in [0.29, 0.717) is 32.1 Å². The predicted octanol–water partition coefficient (Wildman–Crippen LogP) is 3.92. The average molecular weight is 430 g/mol. The molecule has 7 heteroatoms. The van der Waals surface area contributed by atoms with Crippen molar-refractivity contribution in [3.63, 3.8) is 0 Å². The standard InChI is InChI=1S/C17H30O6.C6H13N/c1-16(2,3)23-14(18)13(12-22-10-9-21-4)11-17(15(19)20)7-5-6-8-17;7-6-4-2-1-3-5-6/h13H,5-12H2,1-4H3,(H,19,20);6H,1-5,7H2/t13-;/m0./s1. The van der Waals surface area contributed by atoms with E-state index in [-0.39, 0.29) is 19.0 Å². The van der Waals surface area contributed by atoms with Gasteiger partial charge in [-0.05, 0) is 52.9 Å². The molecule has 0 unspecified atom stereocenters. The summed E-state index contributed by atoms with van der Waals surface area (Å²) in [7, 11) is 1.58. The quantitative estimate of drug-likeness (QED) is 0.422. The van der Waals surface area contributed by atoms with Crippen molar-refractivity contribution in [1.82, 2.24) is 0 Å². The van der Waals surface area contributed by atoms with Crippen LogP contribution in [0.2, 0.25) is 0 Å². The number of aliphatic carboxylic acids is 1. The molecule has 0 aromatic heterocycles. The molecular weight excluding hydrogens is 386 g/mol. The number of methoxy groups -OCH3 is 1. The molecule has 0 saturated heterocycles. The molecule has 176 valence electrons. The molecular formula is C23H43NO6. The molecule has 30 heavy (non-hydrogen) atoms. The first-order chi connectivity index (χ1) is 14.1. The third-order valence-electron chi connectivity index (χ3n) is 5.79. The van der Waals surface area contributed by atoms with Crippen LogP contribution >= 0.6 is 0 Å². The van der Waals surface area contributed by atoms with E-state index in [1.165, 1.54) is 32.1 Å². The average Bonchev–Trinajstić information content (AvgIpc) is 3.14. The van der Waals surface area contributed by atoms with E-state index >= 15 is 0 Å². The molecule has 7 nitrogen and oxygen atoms in total. The van der Waals surface area contributed by atoms with Gasteiger partial charge in [0.25, 0.3) is 0 Å². The van der Waals surface area contributed by atoms with E-state index in [4.69, 9.17) is 19.9 Å². The van der Waals surface area contributed by atoms with Gasteiger partial charge in [0.05, 0.1) is 31.2 Å². The Morgan fingerprint density at radius 3 is 2.10 bits per heavy atom. The van der Waals surface area contributed by atoms with E-state index in [9.17, 15) is 14.7 Å². The summed E-state index contributed by atoms with van der Waals surface area (Å²) < 4.78 is 15.9. The van der Waals surface area contributed by atoms with Crippen molar-refractivity contribution >= 4 is 11.9 Å². The van der Waals surface area contributed by atoms with Crippen molar-refractivity contribution in [2.45, 2.75) is 96.6 Å². The second-order valence-electron chi connectivity index (χ2n) is 9.69. The van der Waals surface area contributed by atoms with Gasteiger partial charge >= 0.3 is 11.9 Å². The van der Waals surface area contributed by atoms with Crippen LogP contribution in [0.5, 0.6) is 0 Å². The van der Waals surface area contributed by atoms with Crippen LogP contribution in [0.4, 0.5) is 0 Å². The maximum Gasteiger partial charge on any atom is 0.311 e.